The van der Waals surface area contributed by atoms with Crippen LogP contribution in [0.2, 0.25) is 0 Å². The van der Waals surface area contributed by atoms with Gasteiger partial charge in [-0.25, -0.2) is 9.98 Å². The smallest absolute Gasteiger partial charge is 0.226 e. The normalized spacial score (nSPS) is 13.4. The summed E-state index contributed by atoms with van der Waals surface area (Å²) in [6, 6.07) is 11.6. The van der Waals surface area contributed by atoms with E-state index < -0.39 is 5.60 Å². The van der Waals surface area contributed by atoms with Crippen molar-refractivity contribution in [2.75, 3.05) is 13.1 Å². The van der Waals surface area contributed by atoms with Crippen LogP contribution in [0, 0.1) is 13.8 Å². The highest BCUT2D eigenvalue weighted by atomic mass is 127. The number of furan rings is 1. The Balaban J connectivity index is 0.00000320. The first-order valence-corrected chi connectivity index (χ1v) is 9.71. The lowest BCUT2D eigenvalue weighted by molar-refractivity contribution is 0.0601. The zero-order valence-electron chi connectivity index (χ0n) is 17.7. The van der Waals surface area contributed by atoms with Gasteiger partial charge < -0.3 is 24.6 Å². The van der Waals surface area contributed by atoms with E-state index in [2.05, 4.69) is 20.6 Å². The summed E-state index contributed by atoms with van der Waals surface area (Å²) in [5.74, 6) is 2.66. The molecule has 2 aromatic heterocycles. The van der Waals surface area contributed by atoms with Crippen molar-refractivity contribution in [1.82, 2.24) is 15.6 Å². The van der Waals surface area contributed by atoms with Gasteiger partial charge in [-0.3, -0.25) is 0 Å². The molecule has 7 nitrogen and oxygen atoms in total. The number of aromatic nitrogens is 1. The maximum atomic E-state index is 10.9. The van der Waals surface area contributed by atoms with Crippen molar-refractivity contribution in [3.63, 3.8) is 0 Å². The summed E-state index contributed by atoms with van der Waals surface area (Å²) in [6.07, 6.45) is 1.61. The molecular weight excluding hydrogens is 495 g/mol. The lowest BCUT2D eigenvalue weighted by Gasteiger charge is -2.24. The molecule has 162 valence electrons. The van der Waals surface area contributed by atoms with E-state index in [1.165, 1.54) is 0 Å². The molecule has 3 N–H and O–H groups in total. The SMILES string of the molecule is CCNC(=NCc1coc(-c2ccccc2)n1)NCC(C)(O)c1cc(C)oc1C.I. The minimum atomic E-state index is -1.09. The number of aryl methyl sites for hydroxylation is 2. The highest BCUT2D eigenvalue weighted by Crippen LogP contribution is 2.26. The number of aliphatic hydroxyl groups is 1. The first-order valence-electron chi connectivity index (χ1n) is 9.71. The molecule has 3 rings (SSSR count). The van der Waals surface area contributed by atoms with Crippen LogP contribution in [0.25, 0.3) is 11.5 Å². The van der Waals surface area contributed by atoms with Crippen LogP contribution in [0.1, 0.15) is 36.6 Å². The largest absolute Gasteiger partial charge is 0.466 e. The molecule has 2 heterocycles. The Labute approximate surface area is 194 Å². The van der Waals surface area contributed by atoms with Crippen molar-refractivity contribution < 1.29 is 13.9 Å². The van der Waals surface area contributed by atoms with Gasteiger partial charge in [0.25, 0.3) is 0 Å². The second-order valence-corrected chi connectivity index (χ2v) is 7.16. The summed E-state index contributed by atoms with van der Waals surface area (Å²) in [5, 5.41) is 17.3. The van der Waals surface area contributed by atoms with Crippen molar-refractivity contribution >= 4 is 29.9 Å². The molecule has 0 aliphatic carbocycles. The molecule has 0 fully saturated rings. The third kappa shape index (κ3) is 6.09. The second kappa shape index (κ2) is 10.6. The minimum absolute atomic E-state index is 0. The molecule has 0 bridgehead atoms. The van der Waals surface area contributed by atoms with Gasteiger partial charge in [-0.15, -0.1) is 24.0 Å². The number of halogens is 1. The van der Waals surface area contributed by atoms with Gasteiger partial charge in [0.15, 0.2) is 5.96 Å². The number of guanidine groups is 1. The third-order valence-electron chi connectivity index (χ3n) is 4.54. The van der Waals surface area contributed by atoms with E-state index in [-0.39, 0.29) is 30.5 Å². The van der Waals surface area contributed by atoms with E-state index in [4.69, 9.17) is 8.83 Å². The van der Waals surface area contributed by atoms with Crippen LogP contribution in [-0.2, 0) is 12.1 Å². The number of nitrogens with zero attached hydrogens (tertiary/aromatic N) is 2. The standard InChI is InChI=1S/C22H28N4O3.HI/c1-5-23-21(25-14-22(4,27)19-11-15(2)29-16(19)3)24-12-18-13-28-20(26-18)17-9-7-6-8-10-17;/h6-11,13,27H,5,12,14H2,1-4H3,(H2,23,24,25);1H. The van der Waals surface area contributed by atoms with Crippen molar-refractivity contribution in [1.29, 1.82) is 0 Å². The van der Waals surface area contributed by atoms with Gasteiger partial charge in [-0.2, -0.15) is 0 Å². The third-order valence-corrected chi connectivity index (χ3v) is 4.54. The van der Waals surface area contributed by atoms with Gasteiger partial charge in [0.1, 0.15) is 29.1 Å². The fraction of sp³-hybridized carbons (Fsp3) is 0.364. The van der Waals surface area contributed by atoms with Gasteiger partial charge >= 0.3 is 0 Å². The van der Waals surface area contributed by atoms with Crippen LogP contribution in [0.4, 0.5) is 0 Å². The zero-order chi connectivity index (χ0) is 20.9. The molecule has 0 aliphatic heterocycles. The molecule has 3 aromatic rings. The summed E-state index contributed by atoms with van der Waals surface area (Å²) in [4.78, 5) is 9.04. The Bertz CT molecular complexity index is 964. The summed E-state index contributed by atoms with van der Waals surface area (Å²) >= 11 is 0. The number of aliphatic imine (C=N–C) groups is 1. The van der Waals surface area contributed by atoms with Crippen LogP contribution in [0.5, 0.6) is 0 Å². The fourth-order valence-electron chi connectivity index (χ4n) is 3.11. The molecule has 30 heavy (non-hydrogen) atoms. The van der Waals surface area contributed by atoms with Gasteiger partial charge in [-0.1, -0.05) is 18.2 Å². The molecule has 0 amide bonds. The molecule has 1 atom stereocenters. The zero-order valence-corrected chi connectivity index (χ0v) is 20.1. The van der Waals surface area contributed by atoms with E-state index in [1.807, 2.05) is 57.2 Å². The van der Waals surface area contributed by atoms with E-state index in [9.17, 15) is 5.11 Å². The molecule has 0 aliphatic rings. The Morgan fingerprint density at radius 3 is 2.57 bits per heavy atom. The molecule has 8 heteroatoms. The van der Waals surface area contributed by atoms with Crippen LogP contribution in [0.3, 0.4) is 0 Å². The van der Waals surface area contributed by atoms with Crippen LogP contribution >= 0.6 is 24.0 Å². The second-order valence-electron chi connectivity index (χ2n) is 7.16. The monoisotopic (exact) mass is 524 g/mol. The summed E-state index contributed by atoms with van der Waals surface area (Å²) in [6.45, 7) is 8.81. The van der Waals surface area contributed by atoms with E-state index in [1.54, 1.807) is 13.2 Å². The van der Waals surface area contributed by atoms with Gasteiger partial charge in [0, 0.05) is 17.7 Å². The van der Waals surface area contributed by atoms with Crippen LogP contribution in [-0.4, -0.2) is 29.1 Å². The quantitative estimate of drug-likeness (QED) is 0.245. The van der Waals surface area contributed by atoms with E-state index in [0.29, 0.717) is 30.7 Å². The Morgan fingerprint density at radius 2 is 1.93 bits per heavy atom. The molecule has 0 saturated heterocycles. The molecule has 0 saturated carbocycles. The average Bonchev–Trinajstić information content (AvgIpc) is 3.31. The number of nitrogens with one attached hydrogen (secondary N) is 2. The number of benzene rings is 1. The van der Waals surface area contributed by atoms with E-state index in [0.717, 1.165) is 22.6 Å². The maximum Gasteiger partial charge on any atom is 0.226 e. The number of hydrogen-bond acceptors (Lipinski definition) is 5. The average molecular weight is 524 g/mol. The molecule has 1 aromatic carbocycles. The number of oxazole rings is 1. The summed E-state index contributed by atoms with van der Waals surface area (Å²) < 4.78 is 11.1. The fourth-order valence-corrected chi connectivity index (χ4v) is 3.11. The predicted octanol–water partition coefficient (Wildman–Crippen LogP) is 4.13. The summed E-state index contributed by atoms with van der Waals surface area (Å²) in [7, 11) is 0. The van der Waals surface area contributed by atoms with Gasteiger partial charge in [0.05, 0.1) is 13.1 Å². The highest BCUT2D eigenvalue weighted by molar-refractivity contribution is 14.0. The van der Waals surface area contributed by atoms with Crippen LogP contribution in [0.15, 0.2) is 56.5 Å². The molecule has 0 radical (unpaired) electrons. The molecule has 1 unspecified atom stereocenters. The number of hydrogen-bond donors (Lipinski definition) is 3. The van der Waals surface area contributed by atoms with Crippen molar-refractivity contribution in [3.05, 3.63) is 65.4 Å². The Kier molecular flexibility index (Phi) is 8.48. The van der Waals surface area contributed by atoms with Gasteiger partial charge in [-0.05, 0) is 45.9 Å². The molecular formula is C22H29IN4O3. The first kappa shape index (κ1) is 23.9. The van der Waals surface area contributed by atoms with Crippen LogP contribution < -0.4 is 10.6 Å². The first-order chi connectivity index (χ1) is 13.9. The Morgan fingerprint density at radius 1 is 1.20 bits per heavy atom. The minimum Gasteiger partial charge on any atom is -0.466 e. The van der Waals surface area contributed by atoms with E-state index >= 15 is 0 Å². The maximum absolute atomic E-state index is 10.9. The summed E-state index contributed by atoms with van der Waals surface area (Å²) in [5.41, 5.74) is 1.33. The lowest BCUT2D eigenvalue weighted by Crippen LogP contribution is -2.44. The van der Waals surface area contributed by atoms with Crippen molar-refractivity contribution in [3.8, 4) is 11.5 Å². The predicted molar refractivity (Wildman–Crippen MR) is 128 cm³/mol. The lowest BCUT2D eigenvalue weighted by atomic mass is 9.96. The topological polar surface area (TPSA) is 95.8 Å². The number of rotatable bonds is 7. The Hall–Kier alpha value is -2.33. The van der Waals surface area contributed by atoms with Crippen molar-refractivity contribution in [2.45, 2.75) is 39.8 Å². The van der Waals surface area contributed by atoms with Gasteiger partial charge in [0.2, 0.25) is 5.89 Å². The van der Waals surface area contributed by atoms with Crippen molar-refractivity contribution in [2.24, 2.45) is 4.99 Å². The highest BCUT2D eigenvalue weighted by Gasteiger charge is 2.27. The molecule has 0 spiro atoms.